The molecule has 2 aliphatic rings. The summed E-state index contributed by atoms with van der Waals surface area (Å²) in [7, 11) is 1.83. The Balaban J connectivity index is 2.02. The normalized spacial score (nSPS) is 31.5. The Bertz CT molecular complexity index is 334. The van der Waals surface area contributed by atoms with Crippen LogP contribution in [0.3, 0.4) is 0 Å². The van der Waals surface area contributed by atoms with Gasteiger partial charge in [0.05, 0.1) is 6.61 Å². The average molecular weight is 242 g/mol. The van der Waals surface area contributed by atoms with E-state index < -0.39 is 5.03 Å². The molecule has 0 aromatic carbocycles. The standard InChI is InChI=1S/C10H18N4O3/c1-8-6-17-7-9(8)5-13-4-3-12(2)10(13)11-14(15)16/h8-9H,3-7H2,1-2H3. The highest BCUT2D eigenvalue weighted by molar-refractivity contribution is 5.81. The molecule has 0 aromatic heterocycles. The van der Waals surface area contributed by atoms with Gasteiger partial charge in [-0.1, -0.05) is 6.92 Å². The molecule has 0 saturated carbocycles. The second kappa shape index (κ2) is 4.87. The van der Waals surface area contributed by atoms with Crippen molar-refractivity contribution in [2.75, 3.05) is 39.9 Å². The fraction of sp³-hybridized carbons (Fsp3) is 0.900. The van der Waals surface area contributed by atoms with Gasteiger partial charge in [0.15, 0.2) is 5.03 Å². The molecular formula is C10H18N4O3. The van der Waals surface area contributed by atoms with E-state index in [2.05, 4.69) is 12.0 Å². The lowest BCUT2D eigenvalue weighted by molar-refractivity contribution is -0.486. The first kappa shape index (κ1) is 12.1. The first-order chi connectivity index (χ1) is 8.08. The minimum atomic E-state index is -0.626. The topological polar surface area (TPSA) is 71.2 Å². The summed E-state index contributed by atoms with van der Waals surface area (Å²) in [6, 6.07) is 0. The molecule has 0 radical (unpaired) electrons. The highest BCUT2D eigenvalue weighted by Crippen LogP contribution is 2.22. The Morgan fingerprint density at radius 1 is 1.53 bits per heavy atom. The van der Waals surface area contributed by atoms with Gasteiger partial charge in [-0.05, 0) is 5.92 Å². The van der Waals surface area contributed by atoms with Crippen molar-refractivity contribution in [3.05, 3.63) is 10.1 Å². The second-order valence-electron chi connectivity index (χ2n) is 4.78. The van der Waals surface area contributed by atoms with Crippen molar-refractivity contribution in [3.8, 4) is 0 Å². The van der Waals surface area contributed by atoms with Crippen LogP contribution in [-0.4, -0.2) is 60.7 Å². The zero-order valence-corrected chi connectivity index (χ0v) is 10.2. The lowest BCUT2D eigenvalue weighted by Gasteiger charge is -2.22. The van der Waals surface area contributed by atoms with Gasteiger partial charge in [0.2, 0.25) is 0 Å². The smallest absolute Gasteiger partial charge is 0.273 e. The van der Waals surface area contributed by atoms with Crippen molar-refractivity contribution in [2.45, 2.75) is 6.92 Å². The summed E-state index contributed by atoms with van der Waals surface area (Å²) < 4.78 is 5.41. The Kier molecular flexibility index (Phi) is 3.46. The fourth-order valence-electron chi connectivity index (χ4n) is 2.32. The van der Waals surface area contributed by atoms with Crippen molar-refractivity contribution in [1.82, 2.24) is 9.80 Å². The number of guanidine groups is 1. The first-order valence-electron chi connectivity index (χ1n) is 5.84. The SMILES string of the molecule is CC1COCC1CN1CCN(C)C1=N[N+](=O)[O-]. The first-order valence-corrected chi connectivity index (χ1v) is 5.84. The Morgan fingerprint density at radius 2 is 2.29 bits per heavy atom. The average Bonchev–Trinajstić information content (AvgIpc) is 2.79. The lowest BCUT2D eigenvalue weighted by atomic mass is 9.98. The molecule has 7 heteroatoms. The molecule has 0 amide bonds. The third-order valence-electron chi connectivity index (χ3n) is 3.47. The highest BCUT2D eigenvalue weighted by atomic mass is 16.7. The van der Waals surface area contributed by atoms with Crippen LogP contribution in [0.4, 0.5) is 0 Å². The van der Waals surface area contributed by atoms with E-state index in [-0.39, 0.29) is 0 Å². The van der Waals surface area contributed by atoms with Crippen LogP contribution in [0.5, 0.6) is 0 Å². The Morgan fingerprint density at radius 3 is 2.88 bits per heavy atom. The molecule has 17 heavy (non-hydrogen) atoms. The van der Waals surface area contributed by atoms with Crippen molar-refractivity contribution >= 4 is 5.96 Å². The van der Waals surface area contributed by atoms with E-state index in [1.807, 2.05) is 16.8 Å². The molecule has 0 aromatic rings. The van der Waals surface area contributed by atoms with Crippen molar-refractivity contribution in [3.63, 3.8) is 0 Å². The van der Waals surface area contributed by atoms with Crippen LogP contribution in [-0.2, 0) is 4.74 Å². The Hall–Kier alpha value is -1.37. The van der Waals surface area contributed by atoms with Crippen molar-refractivity contribution < 1.29 is 9.77 Å². The van der Waals surface area contributed by atoms with Crippen LogP contribution in [0.25, 0.3) is 0 Å². The van der Waals surface area contributed by atoms with Crippen LogP contribution in [0.15, 0.2) is 5.10 Å². The van der Waals surface area contributed by atoms with Gasteiger partial charge in [0, 0.05) is 39.2 Å². The van der Waals surface area contributed by atoms with Crippen molar-refractivity contribution in [1.29, 1.82) is 0 Å². The van der Waals surface area contributed by atoms with Crippen LogP contribution in [0.1, 0.15) is 6.92 Å². The maximum Gasteiger partial charge on any atom is 0.273 e. The number of rotatable bonds is 3. The molecule has 2 fully saturated rings. The summed E-state index contributed by atoms with van der Waals surface area (Å²) in [5.41, 5.74) is 0. The molecule has 2 atom stereocenters. The van der Waals surface area contributed by atoms with Crippen LogP contribution >= 0.6 is 0 Å². The van der Waals surface area contributed by atoms with Gasteiger partial charge in [-0.15, -0.1) is 0 Å². The molecule has 2 unspecified atom stereocenters. The van der Waals surface area contributed by atoms with E-state index in [4.69, 9.17) is 4.74 Å². The summed E-state index contributed by atoms with van der Waals surface area (Å²) >= 11 is 0. The summed E-state index contributed by atoms with van der Waals surface area (Å²) in [5.74, 6) is 1.42. The third-order valence-corrected chi connectivity index (χ3v) is 3.47. The number of likely N-dealkylation sites (N-methyl/N-ethyl adjacent to an activating group) is 1. The summed E-state index contributed by atoms with van der Waals surface area (Å²) in [6.45, 7) is 6.06. The fourth-order valence-corrected chi connectivity index (χ4v) is 2.32. The third kappa shape index (κ3) is 2.66. The van der Waals surface area contributed by atoms with E-state index in [0.717, 1.165) is 32.8 Å². The molecule has 0 N–H and O–H groups in total. The maximum atomic E-state index is 10.5. The van der Waals surface area contributed by atoms with Crippen LogP contribution in [0.2, 0.25) is 0 Å². The number of hydrogen-bond acceptors (Lipinski definition) is 3. The number of hydrogen-bond donors (Lipinski definition) is 0. The van der Waals surface area contributed by atoms with Gasteiger partial charge in [0.1, 0.15) is 5.10 Å². The molecule has 2 heterocycles. The lowest BCUT2D eigenvalue weighted by Crippen LogP contribution is -2.37. The van der Waals surface area contributed by atoms with E-state index in [9.17, 15) is 10.1 Å². The minimum absolute atomic E-state index is 0.443. The van der Waals surface area contributed by atoms with Gasteiger partial charge in [-0.25, -0.2) is 10.1 Å². The predicted octanol–water partition coefficient (Wildman–Crippen LogP) is 0.0640. The van der Waals surface area contributed by atoms with E-state index in [1.54, 1.807) is 0 Å². The molecule has 2 rings (SSSR count). The van der Waals surface area contributed by atoms with Crippen molar-refractivity contribution in [2.24, 2.45) is 16.9 Å². The van der Waals surface area contributed by atoms with Crippen LogP contribution < -0.4 is 0 Å². The molecule has 0 bridgehead atoms. The maximum absolute atomic E-state index is 10.5. The highest BCUT2D eigenvalue weighted by Gasteiger charge is 2.32. The van der Waals surface area contributed by atoms with E-state index >= 15 is 0 Å². The minimum Gasteiger partial charge on any atom is -0.381 e. The molecule has 0 aliphatic carbocycles. The summed E-state index contributed by atoms with van der Waals surface area (Å²) in [4.78, 5) is 14.3. The molecule has 96 valence electrons. The molecule has 0 spiro atoms. The van der Waals surface area contributed by atoms with E-state index in [1.165, 1.54) is 0 Å². The predicted molar refractivity (Wildman–Crippen MR) is 62.1 cm³/mol. The van der Waals surface area contributed by atoms with E-state index in [0.29, 0.717) is 17.8 Å². The number of nitrogens with zero attached hydrogens (tertiary/aromatic N) is 4. The zero-order chi connectivity index (χ0) is 12.4. The molecule has 2 saturated heterocycles. The second-order valence-corrected chi connectivity index (χ2v) is 4.78. The van der Waals surface area contributed by atoms with Gasteiger partial charge >= 0.3 is 0 Å². The van der Waals surface area contributed by atoms with Gasteiger partial charge in [-0.3, -0.25) is 0 Å². The van der Waals surface area contributed by atoms with Gasteiger partial charge in [0.25, 0.3) is 5.96 Å². The summed E-state index contributed by atoms with van der Waals surface area (Å²) in [5, 5.41) is 13.3. The van der Waals surface area contributed by atoms with Gasteiger partial charge < -0.3 is 14.5 Å². The molecule has 7 nitrogen and oxygen atoms in total. The quantitative estimate of drug-likeness (QED) is 0.517. The van der Waals surface area contributed by atoms with Crippen LogP contribution in [0, 0.1) is 22.0 Å². The monoisotopic (exact) mass is 242 g/mol. The Labute approximate surface area is 100 Å². The molecule has 2 aliphatic heterocycles. The zero-order valence-electron chi connectivity index (χ0n) is 10.2. The number of hydrazone groups is 1. The summed E-state index contributed by atoms with van der Waals surface area (Å²) in [6.07, 6.45) is 0. The largest absolute Gasteiger partial charge is 0.381 e. The molecular weight excluding hydrogens is 224 g/mol. The number of ether oxygens (including phenoxy) is 1. The number of nitro groups is 1. The van der Waals surface area contributed by atoms with Gasteiger partial charge in [-0.2, -0.15) is 0 Å².